The van der Waals surface area contributed by atoms with Crippen LogP contribution in [0.5, 0.6) is 0 Å². The summed E-state index contributed by atoms with van der Waals surface area (Å²) < 4.78 is 0. The lowest BCUT2D eigenvalue weighted by Gasteiger charge is -1.82. The van der Waals surface area contributed by atoms with E-state index in [0.717, 1.165) is 9.75 Å². The molecule has 0 atom stereocenters. The highest BCUT2D eigenvalue weighted by molar-refractivity contribution is 7.14. The highest BCUT2D eigenvalue weighted by Gasteiger charge is 2.01. The third-order valence-corrected chi connectivity index (χ3v) is 2.50. The molecule has 3 heteroatoms. The van der Waals surface area contributed by atoms with Crippen LogP contribution in [0, 0.1) is 11.8 Å². The van der Waals surface area contributed by atoms with Gasteiger partial charge in [0, 0.05) is 6.42 Å². The topological polar surface area (TPSA) is 37.3 Å². The molecule has 1 heterocycles. The van der Waals surface area contributed by atoms with E-state index in [1.807, 2.05) is 6.07 Å². The summed E-state index contributed by atoms with van der Waals surface area (Å²) in [5.41, 5.74) is 0. The number of hydrogen-bond acceptors (Lipinski definition) is 3. The van der Waals surface area contributed by atoms with Crippen LogP contribution in [-0.2, 0) is 0 Å². The van der Waals surface area contributed by atoms with Crippen molar-refractivity contribution in [3.8, 4) is 11.8 Å². The second-order valence-corrected chi connectivity index (χ2v) is 3.58. The van der Waals surface area contributed by atoms with E-state index in [9.17, 15) is 4.79 Å². The molecule has 13 heavy (non-hydrogen) atoms. The largest absolute Gasteiger partial charge is 0.395 e. The molecule has 1 N–H and O–H groups in total. The number of aliphatic hydroxyl groups excluding tert-OH is 1. The second kappa shape index (κ2) is 4.80. The Labute approximate surface area is 81.2 Å². The summed E-state index contributed by atoms with van der Waals surface area (Å²) in [6, 6.07) is 3.60. The number of carbonyl (C=O) groups is 1. The van der Waals surface area contributed by atoms with Gasteiger partial charge in [0.2, 0.25) is 0 Å². The lowest BCUT2D eigenvalue weighted by molar-refractivity contribution is 0.102. The number of aliphatic hydroxyl groups is 1. The second-order valence-electron chi connectivity index (χ2n) is 2.50. The number of ketones is 1. The summed E-state index contributed by atoms with van der Waals surface area (Å²) in [6.45, 7) is 1.62. The molecule has 0 saturated carbocycles. The smallest absolute Gasteiger partial charge is 0.169 e. The van der Waals surface area contributed by atoms with E-state index in [0.29, 0.717) is 6.42 Å². The van der Waals surface area contributed by atoms with Crippen molar-refractivity contribution in [3.05, 3.63) is 21.9 Å². The van der Waals surface area contributed by atoms with Crippen molar-refractivity contribution < 1.29 is 9.90 Å². The third kappa shape index (κ3) is 3.02. The molecule has 1 rings (SSSR count). The Morgan fingerprint density at radius 1 is 1.62 bits per heavy atom. The van der Waals surface area contributed by atoms with Gasteiger partial charge in [-0.25, -0.2) is 0 Å². The van der Waals surface area contributed by atoms with Crippen LogP contribution in [0.4, 0.5) is 0 Å². The van der Waals surface area contributed by atoms with Gasteiger partial charge in [-0.3, -0.25) is 4.79 Å². The predicted molar refractivity (Wildman–Crippen MR) is 52.9 cm³/mol. The van der Waals surface area contributed by atoms with Crippen LogP contribution in [0.3, 0.4) is 0 Å². The molecular weight excluding hydrogens is 184 g/mol. The molecule has 0 amide bonds. The highest BCUT2D eigenvalue weighted by Crippen LogP contribution is 2.15. The zero-order valence-electron chi connectivity index (χ0n) is 7.33. The minimum Gasteiger partial charge on any atom is -0.395 e. The number of carbonyl (C=O) groups excluding carboxylic acids is 1. The maximum atomic E-state index is 10.9. The summed E-state index contributed by atoms with van der Waals surface area (Å²) in [7, 11) is 0. The monoisotopic (exact) mass is 194 g/mol. The average Bonchev–Trinajstić information content (AvgIpc) is 2.53. The van der Waals surface area contributed by atoms with Crippen molar-refractivity contribution in [2.75, 3.05) is 6.61 Å². The molecule has 0 aromatic carbocycles. The summed E-state index contributed by atoms with van der Waals surface area (Å²) in [6.07, 6.45) is 0.479. The molecule has 0 bridgehead atoms. The molecule has 0 saturated heterocycles. The van der Waals surface area contributed by atoms with Crippen molar-refractivity contribution in [1.29, 1.82) is 0 Å². The molecule has 0 aliphatic heterocycles. The van der Waals surface area contributed by atoms with E-state index < -0.39 is 0 Å². The van der Waals surface area contributed by atoms with Crippen molar-refractivity contribution >= 4 is 17.1 Å². The Bertz CT molecular complexity index is 354. The molecule has 0 unspecified atom stereocenters. The number of rotatable bonds is 2. The van der Waals surface area contributed by atoms with Gasteiger partial charge < -0.3 is 5.11 Å². The standard InChI is InChI=1S/C10H10O2S/c1-8(12)10-6-5-9(13-10)4-2-3-7-11/h5-6,11H,3,7H2,1H3. The van der Waals surface area contributed by atoms with Crippen LogP contribution in [0.15, 0.2) is 12.1 Å². The Morgan fingerprint density at radius 3 is 2.92 bits per heavy atom. The maximum absolute atomic E-state index is 10.9. The molecule has 68 valence electrons. The average molecular weight is 194 g/mol. The summed E-state index contributed by atoms with van der Waals surface area (Å²) >= 11 is 1.39. The third-order valence-electron chi connectivity index (χ3n) is 1.40. The van der Waals surface area contributed by atoms with Gasteiger partial charge in [-0.1, -0.05) is 11.8 Å². The van der Waals surface area contributed by atoms with E-state index >= 15 is 0 Å². The zero-order valence-corrected chi connectivity index (χ0v) is 8.15. The predicted octanol–water partition coefficient (Wildman–Crippen LogP) is 1.68. The van der Waals surface area contributed by atoms with E-state index in [-0.39, 0.29) is 12.4 Å². The van der Waals surface area contributed by atoms with Crippen LogP contribution in [-0.4, -0.2) is 17.5 Å². The van der Waals surface area contributed by atoms with Gasteiger partial charge in [-0.05, 0) is 19.1 Å². The van der Waals surface area contributed by atoms with Crippen LogP contribution < -0.4 is 0 Å². The van der Waals surface area contributed by atoms with Gasteiger partial charge >= 0.3 is 0 Å². The molecule has 2 nitrogen and oxygen atoms in total. The fourth-order valence-electron chi connectivity index (χ4n) is 0.800. The van der Waals surface area contributed by atoms with Gasteiger partial charge in [0.15, 0.2) is 5.78 Å². The molecule has 0 radical (unpaired) electrons. The minimum absolute atomic E-state index is 0.0696. The number of Topliss-reactive ketones (excluding diaryl/α,β-unsaturated/α-hetero) is 1. The fourth-order valence-corrected chi connectivity index (χ4v) is 1.58. The molecule has 0 fully saturated rings. The first-order valence-electron chi connectivity index (χ1n) is 3.94. The maximum Gasteiger partial charge on any atom is 0.169 e. The van der Waals surface area contributed by atoms with Gasteiger partial charge in [0.05, 0.1) is 16.4 Å². The van der Waals surface area contributed by atoms with E-state index in [1.165, 1.54) is 18.3 Å². The van der Waals surface area contributed by atoms with E-state index in [2.05, 4.69) is 11.8 Å². The fraction of sp³-hybridized carbons (Fsp3) is 0.300. The first-order chi connectivity index (χ1) is 6.24. The van der Waals surface area contributed by atoms with Crippen molar-refractivity contribution in [3.63, 3.8) is 0 Å². The lowest BCUT2D eigenvalue weighted by atomic mass is 10.3. The summed E-state index contributed by atoms with van der Waals surface area (Å²) in [5.74, 6) is 5.75. The molecule has 0 spiro atoms. The van der Waals surface area contributed by atoms with Gasteiger partial charge in [0.25, 0.3) is 0 Å². The normalized spacial score (nSPS) is 9.08. The van der Waals surface area contributed by atoms with Crippen molar-refractivity contribution in [2.45, 2.75) is 13.3 Å². The molecule has 0 aliphatic carbocycles. The Balaban J connectivity index is 2.71. The first-order valence-corrected chi connectivity index (χ1v) is 4.76. The number of hydrogen-bond donors (Lipinski definition) is 1. The van der Waals surface area contributed by atoms with E-state index in [4.69, 9.17) is 5.11 Å². The Kier molecular flexibility index (Phi) is 3.69. The van der Waals surface area contributed by atoms with Gasteiger partial charge in [0.1, 0.15) is 0 Å². The SMILES string of the molecule is CC(=O)c1ccc(C#CCCO)s1. The van der Waals surface area contributed by atoms with Crippen LogP contribution >= 0.6 is 11.3 Å². The summed E-state index contributed by atoms with van der Waals surface area (Å²) in [4.78, 5) is 12.5. The van der Waals surface area contributed by atoms with Crippen LogP contribution in [0.1, 0.15) is 27.9 Å². The zero-order chi connectivity index (χ0) is 9.68. The Morgan fingerprint density at radius 2 is 2.38 bits per heavy atom. The molecule has 1 aromatic rings. The summed E-state index contributed by atoms with van der Waals surface area (Å²) in [5, 5.41) is 8.48. The number of thiophene rings is 1. The van der Waals surface area contributed by atoms with Gasteiger partial charge in [-0.2, -0.15) is 0 Å². The van der Waals surface area contributed by atoms with Gasteiger partial charge in [-0.15, -0.1) is 11.3 Å². The lowest BCUT2D eigenvalue weighted by Crippen LogP contribution is -1.83. The van der Waals surface area contributed by atoms with Crippen molar-refractivity contribution in [2.24, 2.45) is 0 Å². The van der Waals surface area contributed by atoms with E-state index in [1.54, 1.807) is 6.07 Å². The molecule has 1 aromatic heterocycles. The van der Waals surface area contributed by atoms with Crippen LogP contribution in [0.2, 0.25) is 0 Å². The molecule has 0 aliphatic rings. The highest BCUT2D eigenvalue weighted by atomic mass is 32.1. The van der Waals surface area contributed by atoms with Crippen molar-refractivity contribution in [1.82, 2.24) is 0 Å². The first kappa shape index (κ1) is 9.97. The molecular formula is C10H10O2S. The Hall–Kier alpha value is -1.11. The quantitative estimate of drug-likeness (QED) is 0.574. The minimum atomic E-state index is 0.0696. The van der Waals surface area contributed by atoms with Crippen LogP contribution in [0.25, 0.3) is 0 Å².